The Hall–Kier alpha value is -6.35. The number of aromatic hydroxyl groups is 1. The number of nitrogens with one attached hydrogen (secondary N) is 2. The van der Waals surface area contributed by atoms with E-state index in [0.717, 1.165) is 87.9 Å². The molecule has 0 radical (unpaired) electrons. The highest BCUT2D eigenvalue weighted by atomic mass is 19.2. The molecule has 3 aromatic heterocycles. The number of fused-ring (bicyclic) bond motifs is 4. The molecule has 18 nitrogen and oxygen atoms in total. The molecule has 5 aromatic rings. The summed E-state index contributed by atoms with van der Waals surface area (Å²) in [7, 11) is 1.70. The fraction of sp³-hybridized carbons (Fsp3) is 0.522. The van der Waals surface area contributed by atoms with Gasteiger partial charge in [0, 0.05) is 70.8 Å². The number of anilines is 2. The Morgan fingerprint density at radius 2 is 1.64 bits per heavy atom. The van der Waals surface area contributed by atoms with E-state index in [4.69, 9.17) is 24.2 Å². The van der Waals surface area contributed by atoms with Gasteiger partial charge in [-0.05, 0) is 93.5 Å². The molecule has 0 unspecified atom stereocenters. The van der Waals surface area contributed by atoms with Gasteiger partial charge in [0.1, 0.15) is 17.6 Å². The highest BCUT2D eigenvalue weighted by Gasteiger charge is 2.52. The van der Waals surface area contributed by atoms with Crippen molar-refractivity contribution in [2.24, 2.45) is 12.5 Å². The van der Waals surface area contributed by atoms with Crippen molar-refractivity contribution in [1.82, 2.24) is 44.8 Å². The number of imidazole rings is 1. The second-order valence-corrected chi connectivity index (χ2v) is 18.7. The molecule has 3 amide bonds. The van der Waals surface area contributed by atoms with E-state index in [-0.39, 0.29) is 41.8 Å². The molecule has 11 rings (SSSR count). The number of amides is 3. The van der Waals surface area contributed by atoms with Crippen LogP contribution in [0.25, 0.3) is 22.6 Å². The normalized spacial score (nSPS) is 23.6. The first kappa shape index (κ1) is 44.5. The van der Waals surface area contributed by atoms with Crippen molar-refractivity contribution in [1.29, 1.82) is 0 Å². The van der Waals surface area contributed by atoms with E-state index in [0.29, 0.717) is 74.3 Å². The standard InChI is InChI=1S/C46H52F3N11O7/c1-56-33-23-27(4-5-31(33)60(44(56)65)32-6-7-35(61)53-40(32)64)3-2-14-57-15-17-59(18-16-57)43-51-30(25-34(52-43)58-19-21-66-22-20-58)41-54-42(55-67-41)46-11-8-45(9-12-46,10-13-46)26-50-39(63)28-24-29(47)38(62)37(49)36(28)48/h4-5,23-25,32,62H,2-3,6-22,26H2,1H3,(H,50,63)(H,53,61,64)/t32-,45?,46?/m1/s1. The van der Waals surface area contributed by atoms with Gasteiger partial charge < -0.3 is 29.5 Å². The molecule has 3 saturated heterocycles. The molecular formula is C46H52F3N11O7. The summed E-state index contributed by atoms with van der Waals surface area (Å²) in [6.07, 6.45) is 6.57. The van der Waals surface area contributed by atoms with Gasteiger partial charge in [-0.15, -0.1) is 0 Å². The summed E-state index contributed by atoms with van der Waals surface area (Å²) < 4.78 is 57.0. The molecule has 3 saturated carbocycles. The van der Waals surface area contributed by atoms with Gasteiger partial charge >= 0.3 is 5.69 Å². The Morgan fingerprint density at radius 3 is 2.37 bits per heavy atom. The van der Waals surface area contributed by atoms with Crippen LogP contribution in [0.5, 0.6) is 5.75 Å². The topological polar surface area (TPSA) is 206 Å². The van der Waals surface area contributed by atoms with Crippen molar-refractivity contribution >= 4 is 40.5 Å². The number of ether oxygens (including phenoxy) is 1. The average molecular weight is 928 g/mol. The predicted molar refractivity (Wildman–Crippen MR) is 236 cm³/mol. The third kappa shape index (κ3) is 8.40. The summed E-state index contributed by atoms with van der Waals surface area (Å²) in [5.41, 5.74) is 1.36. The summed E-state index contributed by atoms with van der Waals surface area (Å²) in [6, 6.07) is 7.59. The number of imide groups is 1. The number of rotatable bonds is 12. The van der Waals surface area contributed by atoms with Gasteiger partial charge in [0.25, 0.3) is 11.8 Å². The number of aryl methyl sites for hydroxylation is 2. The monoisotopic (exact) mass is 927 g/mol. The Balaban J connectivity index is 0.773. The molecule has 3 N–H and O–H groups in total. The Labute approximate surface area is 382 Å². The van der Waals surface area contributed by atoms with Crippen molar-refractivity contribution < 1.29 is 41.9 Å². The van der Waals surface area contributed by atoms with E-state index in [9.17, 15) is 37.5 Å². The first-order chi connectivity index (χ1) is 32.3. The fourth-order valence-electron chi connectivity index (χ4n) is 10.6. The minimum atomic E-state index is -1.80. The number of halogens is 3. The molecular weight excluding hydrogens is 876 g/mol. The Morgan fingerprint density at radius 1 is 0.896 bits per heavy atom. The average Bonchev–Trinajstić information content (AvgIpc) is 3.95. The number of nitrogens with zero attached hydrogens (tertiary/aromatic N) is 9. The maximum atomic E-state index is 14.4. The quantitative estimate of drug-likeness (QED) is 0.120. The number of carbonyl (C=O) groups is 3. The van der Waals surface area contributed by atoms with Crippen LogP contribution in [0.3, 0.4) is 0 Å². The summed E-state index contributed by atoms with van der Waals surface area (Å²) in [5, 5.41) is 18.9. The van der Waals surface area contributed by atoms with Crippen LogP contribution in [0, 0.1) is 22.9 Å². The van der Waals surface area contributed by atoms with Gasteiger partial charge in [-0.1, -0.05) is 11.2 Å². The molecule has 6 fully saturated rings. The largest absolute Gasteiger partial charge is 0.503 e. The highest BCUT2D eigenvalue weighted by molar-refractivity contribution is 6.00. The third-order valence-corrected chi connectivity index (χ3v) is 14.8. The van der Waals surface area contributed by atoms with Crippen molar-refractivity contribution in [3.8, 4) is 17.3 Å². The van der Waals surface area contributed by atoms with Crippen LogP contribution in [0.1, 0.15) is 85.6 Å². The maximum Gasteiger partial charge on any atom is 0.329 e. The van der Waals surface area contributed by atoms with Crippen LogP contribution in [-0.4, -0.2) is 123 Å². The number of carbonyl (C=O) groups excluding carboxylic acids is 3. The van der Waals surface area contributed by atoms with E-state index in [1.165, 1.54) is 4.57 Å². The first-order valence-electron chi connectivity index (χ1n) is 23.0. The first-order valence-corrected chi connectivity index (χ1v) is 23.0. The number of morpholine rings is 1. The molecule has 1 atom stereocenters. The van der Waals surface area contributed by atoms with Crippen molar-refractivity contribution in [2.45, 2.75) is 75.7 Å². The van der Waals surface area contributed by atoms with Crippen LogP contribution >= 0.6 is 0 Å². The second kappa shape index (κ2) is 17.7. The summed E-state index contributed by atoms with van der Waals surface area (Å²) >= 11 is 0. The zero-order valence-corrected chi connectivity index (χ0v) is 37.2. The SMILES string of the molecule is Cn1c(=O)n([C@@H]2CCC(=O)NC2=O)c2ccc(CCCN3CCN(c4nc(-c5nc(C67CCC(CNC(=O)c8cc(F)c(O)c(F)c8F)(CC6)CC7)no5)cc(N5CCOCC5)n4)CC3)cc21. The van der Waals surface area contributed by atoms with Crippen LogP contribution < -0.4 is 26.1 Å². The van der Waals surface area contributed by atoms with Gasteiger partial charge in [-0.2, -0.15) is 14.4 Å². The van der Waals surface area contributed by atoms with Crippen LogP contribution in [0.2, 0.25) is 0 Å². The van der Waals surface area contributed by atoms with E-state index in [1.54, 1.807) is 11.6 Å². The maximum absolute atomic E-state index is 14.4. The molecule has 67 heavy (non-hydrogen) atoms. The van der Waals surface area contributed by atoms with E-state index >= 15 is 0 Å². The molecule has 2 aromatic carbocycles. The lowest BCUT2D eigenvalue weighted by Gasteiger charge is -2.52. The lowest BCUT2D eigenvalue weighted by Crippen LogP contribution is -2.49. The van der Waals surface area contributed by atoms with Crippen molar-refractivity contribution in [2.75, 3.05) is 75.4 Å². The molecule has 354 valence electrons. The molecule has 6 heterocycles. The Bertz CT molecular complexity index is 2790. The van der Waals surface area contributed by atoms with Crippen LogP contribution in [-0.2, 0) is 33.2 Å². The molecule has 2 bridgehead atoms. The summed E-state index contributed by atoms with van der Waals surface area (Å²) in [6.45, 7) is 6.66. The number of piperazine rings is 1. The van der Waals surface area contributed by atoms with Gasteiger partial charge in [0.15, 0.2) is 23.2 Å². The second-order valence-electron chi connectivity index (χ2n) is 18.7. The molecule has 3 aliphatic heterocycles. The molecule has 6 aliphatic rings. The fourth-order valence-corrected chi connectivity index (χ4v) is 10.6. The lowest BCUT2D eigenvalue weighted by atomic mass is 9.53. The lowest BCUT2D eigenvalue weighted by molar-refractivity contribution is -0.135. The number of phenolic OH excluding ortho intramolecular Hbond substituents is 1. The number of hydrogen-bond acceptors (Lipinski definition) is 14. The minimum absolute atomic E-state index is 0.191. The predicted octanol–water partition coefficient (Wildman–Crippen LogP) is 3.89. The van der Waals surface area contributed by atoms with Crippen LogP contribution in [0.15, 0.2) is 39.6 Å². The zero-order chi connectivity index (χ0) is 46.6. The Kier molecular flexibility index (Phi) is 11.8. The van der Waals surface area contributed by atoms with Crippen molar-refractivity contribution in [3.63, 3.8) is 0 Å². The zero-order valence-electron chi connectivity index (χ0n) is 37.2. The number of piperidine rings is 1. The van der Waals surface area contributed by atoms with Gasteiger partial charge in [-0.3, -0.25) is 33.7 Å². The minimum Gasteiger partial charge on any atom is -0.503 e. The van der Waals surface area contributed by atoms with Gasteiger partial charge in [0.2, 0.25) is 23.6 Å². The number of hydrogen-bond donors (Lipinski definition) is 3. The number of phenols is 1. The van der Waals surface area contributed by atoms with Crippen LogP contribution in [0.4, 0.5) is 24.9 Å². The number of aromatic nitrogens is 6. The van der Waals surface area contributed by atoms with Crippen molar-refractivity contribution in [3.05, 3.63) is 75.2 Å². The summed E-state index contributed by atoms with van der Waals surface area (Å²) in [4.78, 5) is 72.2. The molecule has 3 aliphatic carbocycles. The van der Waals surface area contributed by atoms with E-state index in [1.807, 2.05) is 24.3 Å². The number of benzene rings is 2. The van der Waals surface area contributed by atoms with E-state index in [2.05, 4.69) is 30.5 Å². The van der Waals surface area contributed by atoms with Gasteiger partial charge in [0.05, 0.1) is 29.8 Å². The van der Waals surface area contributed by atoms with Gasteiger partial charge in [-0.25, -0.2) is 18.6 Å². The smallest absolute Gasteiger partial charge is 0.329 e. The molecule has 0 spiro atoms. The summed E-state index contributed by atoms with van der Waals surface area (Å²) in [5.74, 6) is -5.74. The highest BCUT2D eigenvalue weighted by Crippen LogP contribution is 2.57. The van der Waals surface area contributed by atoms with E-state index < -0.39 is 46.6 Å². The third-order valence-electron chi connectivity index (χ3n) is 14.8. The molecule has 21 heteroatoms.